The van der Waals surface area contributed by atoms with Crippen molar-refractivity contribution in [2.24, 2.45) is 10.2 Å². The van der Waals surface area contributed by atoms with Gasteiger partial charge in [-0.05, 0) is 30.3 Å². The molecule has 4 rings (SSSR count). The average Bonchev–Trinajstić information content (AvgIpc) is 3.41. The first kappa shape index (κ1) is 23.2. The van der Waals surface area contributed by atoms with Crippen LogP contribution in [0.4, 0.5) is 11.4 Å². The maximum absolute atomic E-state index is 12.2. The zero-order chi connectivity index (χ0) is 24.1. The van der Waals surface area contributed by atoms with Gasteiger partial charge in [0.1, 0.15) is 16.8 Å². The Morgan fingerprint density at radius 1 is 1.24 bits per heavy atom. The number of nitro groups is 1. The first-order valence-electron chi connectivity index (χ1n) is 9.86. The molecule has 1 fully saturated rings. The fourth-order valence-electron chi connectivity index (χ4n) is 3.01. The van der Waals surface area contributed by atoms with Gasteiger partial charge in [0.15, 0.2) is 5.17 Å². The summed E-state index contributed by atoms with van der Waals surface area (Å²) >= 11 is 7.24. The molecule has 2 heterocycles. The molecular formula is C22H16ClN5O5S. The number of nitrogens with zero attached hydrogens (tertiary/aromatic N) is 3. The van der Waals surface area contributed by atoms with Crippen molar-refractivity contribution in [3.63, 3.8) is 0 Å². The SMILES string of the molecule is O=C(C[C@H]1S/C(=N\N=C/c2ccc(-c3cc([N+](=O)[O-])ccc3Cl)o2)NC1=O)Nc1ccccc1. The van der Waals surface area contributed by atoms with E-state index in [2.05, 4.69) is 20.8 Å². The van der Waals surface area contributed by atoms with E-state index in [0.29, 0.717) is 27.8 Å². The molecule has 172 valence electrons. The van der Waals surface area contributed by atoms with Crippen LogP contribution in [-0.2, 0) is 9.59 Å². The van der Waals surface area contributed by atoms with E-state index < -0.39 is 10.2 Å². The highest BCUT2D eigenvalue weighted by Crippen LogP contribution is 2.32. The molecule has 10 nitrogen and oxygen atoms in total. The number of furan rings is 1. The topological polar surface area (TPSA) is 139 Å². The number of carbonyl (C=O) groups is 2. The summed E-state index contributed by atoms with van der Waals surface area (Å²) in [4.78, 5) is 34.8. The van der Waals surface area contributed by atoms with Crippen molar-refractivity contribution in [3.8, 4) is 11.3 Å². The minimum atomic E-state index is -0.621. The van der Waals surface area contributed by atoms with Gasteiger partial charge in [0.2, 0.25) is 11.8 Å². The third-order valence-corrected chi connectivity index (χ3v) is 5.99. The molecule has 0 saturated carbocycles. The first-order chi connectivity index (χ1) is 16.4. The summed E-state index contributed by atoms with van der Waals surface area (Å²) in [5.41, 5.74) is 0.911. The lowest BCUT2D eigenvalue weighted by Gasteiger charge is -2.06. The standard InChI is InChI=1S/C22H16ClN5O5S/c23-17-8-6-14(28(31)32)10-16(17)18-9-7-15(33-18)12-24-27-22-26-21(30)19(34-22)11-20(29)25-13-4-2-1-3-5-13/h1-10,12,19H,11H2,(H,25,29)(H,26,27,30)/b24-12-/t19-/m1/s1. The largest absolute Gasteiger partial charge is 0.455 e. The van der Waals surface area contributed by atoms with Crippen molar-refractivity contribution in [1.29, 1.82) is 0 Å². The maximum atomic E-state index is 12.2. The van der Waals surface area contributed by atoms with E-state index in [0.717, 1.165) is 11.8 Å². The second-order valence-corrected chi connectivity index (χ2v) is 8.59. The van der Waals surface area contributed by atoms with E-state index in [-0.39, 0.29) is 29.1 Å². The molecule has 0 aliphatic carbocycles. The maximum Gasteiger partial charge on any atom is 0.270 e. The number of para-hydroxylation sites is 1. The molecule has 1 aromatic heterocycles. The van der Waals surface area contributed by atoms with E-state index in [4.69, 9.17) is 16.0 Å². The van der Waals surface area contributed by atoms with Gasteiger partial charge in [-0.25, -0.2) is 0 Å². The zero-order valence-corrected chi connectivity index (χ0v) is 18.9. The molecule has 2 aromatic carbocycles. The fraction of sp³-hybridized carbons (Fsp3) is 0.0909. The number of rotatable bonds is 7. The molecule has 0 radical (unpaired) electrons. The van der Waals surface area contributed by atoms with Gasteiger partial charge in [-0.15, -0.1) is 5.10 Å². The molecule has 1 saturated heterocycles. The van der Waals surface area contributed by atoms with Gasteiger partial charge in [0, 0.05) is 29.8 Å². The van der Waals surface area contributed by atoms with Crippen LogP contribution in [0.25, 0.3) is 11.3 Å². The quantitative estimate of drug-likeness (QED) is 0.280. The minimum Gasteiger partial charge on any atom is -0.455 e. The smallest absolute Gasteiger partial charge is 0.270 e. The normalized spacial score (nSPS) is 16.7. The summed E-state index contributed by atoms with van der Waals surface area (Å²) in [5.74, 6) is 0.0418. The van der Waals surface area contributed by atoms with E-state index in [9.17, 15) is 19.7 Å². The van der Waals surface area contributed by atoms with Crippen LogP contribution in [0.5, 0.6) is 0 Å². The number of amides is 2. The minimum absolute atomic E-state index is 0.0142. The predicted octanol–water partition coefficient (Wildman–Crippen LogP) is 4.46. The Morgan fingerprint density at radius 2 is 2.03 bits per heavy atom. The third kappa shape index (κ3) is 5.69. The number of thioether (sulfide) groups is 1. The summed E-state index contributed by atoms with van der Waals surface area (Å²) < 4.78 is 5.63. The van der Waals surface area contributed by atoms with Gasteiger partial charge in [-0.1, -0.05) is 41.6 Å². The highest BCUT2D eigenvalue weighted by molar-refractivity contribution is 8.15. The summed E-state index contributed by atoms with van der Waals surface area (Å²) in [7, 11) is 0. The lowest BCUT2D eigenvalue weighted by molar-refractivity contribution is -0.384. The summed E-state index contributed by atoms with van der Waals surface area (Å²) in [6.07, 6.45) is 1.31. The Hall–Kier alpha value is -3.96. The highest BCUT2D eigenvalue weighted by atomic mass is 35.5. The van der Waals surface area contributed by atoms with Gasteiger partial charge >= 0.3 is 0 Å². The molecule has 12 heteroatoms. The Balaban J connectivity index is 1.37. The van der Waals surface area contributed by atoms with Crippen LogP contribution in [0.2, 0.25) is 5.02 Å². The molecule has 3 aromatic rings. The fourth-order valence-corrected chi connectivity index (χ4v) is 4.14. The van der Waals surface area contributed by atoms with Crippen molar-refractivity contribution in [3.05, 3.63) is 81.6 Å². The van der Waals surface area contributed by atoms with Crippen molar-refractivity contribution < 1.29 is 18.9 Å². The molecule has 0 bridgehead atoms. The van der Waals surface area contributed by atoms with E-state index in [1.54, 1.807) is 36.4 Å². The van der Waals surface area contributed by atoms with Gasteiger partial charge in [0.05, 0.1) is 16.2 Å². The van der Waals surface area contributed by atoms with Gasteiger partial charge < -0.3 is 15.1 Å². The van der Waals surface area contributed by atoms with Crippen LogP contribution in [0.3, 0.4) is 0 Å². The summed E-state index contributed by atoms with van der Waals surface area (Å²) in [5, 5.41) is 24.1. The molecule has 0 unspecified atom stereocenters. The summed E-state index contributed by atoms with van der Waals surface area (Å²) in [6.45, 7) is 0. The zero-order valence-electron chi connectivity index (χ0n) is 17.3. The lowest BCUT2D eigenvalue weighted by Crippen LogP contribution is -2.28. The molecule has 2 N–H and O–H groups in total. The van der Waals surface area contributed by atoms with Gasteiger partial charge in [-0.2, -0.15) is 5.10 Å². The Bertz CT molecular complexity index is 1310. The number of hydrogen-bond donors (Lipinski definition) is 2. The second kappa shape index (κ2) is 10.3. The van der Waals surface area contributed by atoms with Gasteiger partial charge in [0.25, 0.3) is 5.69 Å². The second-order valence-electron chi connectivity index (χ2n) is 6.99. The third-order valence-electron chi connectivity index (χ3n) is 4.59. The Labute approximate surface area is 202 Å². The first-order valence-corrected chi connectivity index (χ1v) is 11.1. The highest BCUT2D eigenvalue weighted by Gasteiger charge is 2.32. The van der Waals surface area contributed by atoms with Crippen LogP contribution >= 0.6 is 23.4 Å². The van der Waals surface area contributed by atoms with Crippen LogP contribution in [-0.4, -0.2) is 33.4 Å². The number of benzene rings is 2. The van der Waals surface area contributed by atoms with Crippen LogP contribution in [0.15, 0.2) is 75.3 Å². The lowest BCUT2D eigenvalue weighted by atomic mass is 10.1. The number of nitro benzene ring substituents is 1. The number of nitrogens with one attached hydrogen (secondary N) is 2. The van der Waals surface area contributed by atoms with Crippen molar-refractivity contribution in [2.45, 2.75) is 11.7 Å². The monoisotopic (exact) mass is 497 g/mol. The predicted molar refractivity (Wildman–Crippen MR) is 130 cm³/mol. The number of halogens is 1. The average molecular weight is 498 g/mol. The molecule has 1 aliphatic rings. The van der Waals surface area contributed by atoms with E-state index >= 15 is 0 Å². The number of anilines is 1. The van der Waals surface area contributed by atoms with Crippen molar-refractivity contribution in [2.75, 3.05) is 5.32 Å². The molecule has 0 spiro atoms. The molecule has 1 atom stereocenters. The van der Waals surface area contributed by atoms with Crippen LogP contribution < -0.4 is 10.6 Å². The van der Waals surface area contributed by atoms with Crippen molar-refractivity contribution >= 4 is 57.9 Å². The number of non-ortho nitro benzene ring substituents is 1. The molecule has 2 amide bonds. The molecule has 34 heavy (non-hydrogen) atoms. The molecular weight excluding hydrogens is 482 g/mol. The van der Waals surface area contributed by atoms with Crippen LogP contribution in [0, 0.1) is 10.1 Å². The van der Waals surface area contributed by atoms with Gasteiger partial charge in [-0.3, -0.25) is 19.7 Å². The number of amidine groups is 1. The summed E-state index contributed by atoms with van der Waals surface area (Å²) in [6, 6.07) is 16.2. The van der Waals surface area contributed by atoms with E-state index in [1.807, 2.05) is 6.07 Å². The van der Waals surface area contributed by atoms with Crippen LogP contribution in [0.1, 0.15) is 12.2 Å². The Morgan fingerprint density at radius 3 is 2.79 bits per heavy atom. The molecule has 1 aliphatic heterocycles. The Kier molecular flexibility index (Phi) is 7.04. The van der Waals surface area contributed by atoms with E-state index in [1.165, 1.54) is 24.4 Å². The number of carbonyl (C=O) groups excluding carboxylic acids is 2. The number of hydrogen-bond acceptors (Lipinski definition) is 8. The van der Waals surface area contributed by atoms with Crippen molar-refractivity contribution in [1.82, 2.24) is 5.32 Å².